The van der Waals surface area contributed by atoms with Gasteiger partial charge < -0.3 is 10.1 Å². The summed E-state index contributed by atoms with van der Waals surface area (Å²) >= 11 is 2.09. The predicted molar refractivity (Wildman–Crippen MR) is 82.7 cm³/mol. The predicted octanol–water partition coefficient (Wildman–Crippen LogP) is 3.37. The standard InChI is InChI=1S/C15H29NO2S/c1-4-16-15(3,14(17)18-5-2)11-8-12-19-13-9-6-7-10-13/h13,16H,4-12H2,1-3H3. The van der Waals surface area contributed by atoms with Crippen LogP contribution >= 0.6 is 11.8 Å². The number of carbonyl (C=O) groups is 1. The molecule has 0 bridgehead atoms. The van der Waals surface area contributed by atoms with Gasteiger partial charge in [0, 0.05) is 5.25 Å². The van der Waals surface area contributed by atoms with Gasteiger partial charge in [0.15, 0.2) is 0 Å². The molecule has 0 saturated heterocycles. The summed E-state index contributed by atoms with van der Waals surface area (Å²) < 4.78 is 5.18. The minimum absolute atomic E-state index is 0.109. The number of hydrogen-bond acceptors (Lipinski definition) is 4. The molecule has 0 radical (unpaired) electrons. The second-order valence-electron chi connectivity index (χ2n) is 5.46. The van der Waals surface area contributed by atoms with Crippen molar-refractivity contribution in [3.63, 3.8) is 0 Å². The highest BCUT2D eigenvalue weighted by Crippen LogP contribution is 2.30. The average molecular weight is 287 g/mol. The fraction of sp³-hybridized carbons (Fsp3) is 0.933. The molecule has 0 heterocycles. The molecule has 0 aromatic carbocycles. The lowest BCUT2D eigenvalue weighted by molar-refractivity contribution is -0.150. The van der Waals surface area contributed by atoms with Gasteiger partial charge in [-0.2, -0.15) is 11.8 Å². The minimum atomic E-state index is -0.513. The van der Waals surface area contributed by atoms with Crippen molar-refractivity contribution < 1.29 is 9.53 Å². The summed E-state index contributed by atoms with van der Waals surface area (Å²) in [7, 11) is 0. The number of likely N-dealkylation sites (N-methyl/N-ethyl adjacent to an activating group) is 1. The van der Waals surface area contributed by atoms with E-state index in [0.29, 0.717) is 6.61 Å². The molecule has 0 aliphatic heterocycles. The smallest absolute Gasteiger partial charge is 0.326 e. The summed E-state index contributed by atoms with van der Waals surface area (Å²) in [5.74, 6) is 1.05. The lowest BCUT2D eigenvalue weighted by Gasteiger charge is -2.28. The zero-order valence-electron chi connectivity index (χ0n) is 12.7. The SMILES string of the molecule is CCNC(C)(CCCSC1CCCC1)C(=O)OCC. The van der Waals surface area contributed by atoms with Crippen LogP contribution in [0, 0.1) is 0 Å². The molecule has 1 fully saturated rings. The Morgan fingerprint density at radius 1 is 1.37 bits per heavy atom. The molecule has 1 atom stereocenters. The Kier molecular flexibility index (Phi) is 7.84. The normalized spacial score (nSPS) is 19.3. The van der Waals surface area contributed by atoms with Crippen LogP contribution < -0.4 is 5.32 Å². The molecular formula is C15H29NO2S. The third kappa shape index (κ3) is 5.74. The summed E-state index contributed by atoms with van der Waals surface area (Å²) in [6.07, 6.45) is 7.49. The van der Waals surface area contributed by atoms with Crippen molar-refractivity contribution in [3.8, 4) is 0 Å². The van der Waals surface area contributed by atoms with Gasteiger partial charge in [-0.1, -0.05) is 19.8 Å². The van der Waals surface area contributed by atoms with Crippen molar-refractivity contribution in [2.45, 2.75) is 70.1 Å². The van der Waals surface area contributed by atoms with E-state index in [4.69, 9.17) is 4.74 Å². The average Bonchev–Trinajstić information content (AvgIpc) is 2.88. The van der Waals surface area contributed by atoms with Crippen LogP contribution in [0.1, 0.15) is 59.3 Å². The molecule has 4 heteroatoms. The lowest BCUT2D eigenvalue weighted by atomic mass is 9.96. The number of rotatable bonds is 9. The maximum Gasteiger partial charge on any atom is 0.326 e. The zero-order valence-corrected chi connectivity index (χ0v) is 13.5. The molecule has 1 aliphatic carbocycles. The number of hydrogen-bond donors (Lipinski definition) is 1. The van der Waals surface area contributed by atoms with Crippen LogP contribution in [-0.2, 0) is 9.53 Å². The molecule has 0 amide bonds. The van der Waals surface area contributed by atoms with E-state index in [2.05, 4.69) is 17.1 Å². The Hall–Kier alpha value is -0.220. The van der Waals surface area contributed by atoms with Crippen LogP contribution in [-0.4, -0.2) is 35.7 Å². The van der Waals surface area contributed by atoms with Crippen molar-refractivity contribution in [2.24, 2.45) is 0 Å². The molecule has 1 aliphatic rings. The molecule has 0 aromatic heterocycles. The van der Waals surface area contributed by atoms with Crippen LogP contribution in [0.25, 0.3) is 0 Å². The second kappa shape index (κ2) is 8.85. The number of thioether (sulfide) groups is 1. The largest absolute Gasteiger partial charge is 0.465 e. The summed E-state index contributed by atoms with van der Waals surface area (Å²) in [4.78, 5) is 12.0. The number of ether oxygens (including phenoxy) is 1. The molecule has 19 heavy (non-hydrogen) atoms. The summed E-state index contributed by atoms with van der Waals surface area (Å²) in [6, 6.07) is 0. The molecule has 3 nitrogen and oxygen atoms in total. The first kappa shape index (κ1) is 16.8. The second-order valence-corrected chi connectivity index (χ2v) is 6.87. The van der Waals surface area contributed by atoms with Gasteiger partial charge in [0.1, 0.15) is 5.54 Å². The molecule has 1 unspecified atom stereocenters. The van der Waals surface area contributed by atoms with E-state index in [1.54, 1.807) is 0 Å². The highest BCUT2D eigenvalue weighted by molar-refractivity contribution is 7.99. The van der Waals surface area contributed by atoms with Gasteiger partial charge >= 0.3 is 5.97 Å². The lowest BCUT2D eigenvalue weighted by Crippen LogP contribution is -2.50. The third-order valence-corrected chi connectivity index (χ3v) is 5.24. The molecule has 1 N–H and O–H groups in total. The highest BCUT2D eigenvalue weighted by Gasteiger charge is 2.33. The fourth-order valence-electron chi connectivity index (χ4n) is 2.67. The van der Waals surface area contributed by atoms with E-state index >= 15 is 0 Å². The first-order valence-corrected chi connectivity index (χ1v) is 8.71. The fourth-order valence-corrected chi connectivity index (χ4v) is 3.98. The van der Waals surface area contributed by atoms with Gasteiger partial charge in [0.25, 0.3) is 0 Å². The Morgan fingerprint density at radius 2 is 2.05 bits per heavy atom. The van der Waals surface area contributed by atoms with E-state index in [-0.39, 0.29) is 5.97 Å². The van der Waals surface area contributed by atoms with E-state index in [1.165, 1.54) is 25.7 Å². The van der Waals surface area contributed by atoms with Crippen LogP contribution in [0.3, 0.4) is 0 Å². The number of esters is 1. The van der Waals surface area contributed by atoms with Gasteiger partial charge in [0.2, 0.25) is 0 Å². The topological polar surface area (TPSA) is 38.3 Å². The van der Waals surface area contributed by atoms with E-state index < -0.39 is 5.54 Å². The molecule has 1 saturated carbocycles. The summed E-state index contributed by atoms with van der Waals surface area (Å²) in [5, 5.41) is 4.16. The van der Waals surface area contributed by atoms with Gasteiger partial charge in [-0.25, -0.2) is 0 Å². The minimum Gasteiger partial charge on any atom is -0.465 e. The Labute approximate surface area is 122 Å². The maximum atomic E-state index is 12.0. The molecule has 112 valence electrons. The monoisotopic (exact) mass is 287 g/mol. The summed E-state index contributed by atoms with van der Waals surface area (Å²) in [6.45, 7) is 7.11. The van der Waals surface area contributed by atoms with Crippen molar-refractivity contribution in [3.05, 3.63) is 0 Å². The van der Waals surface area contributed by atoms with Crippen LogP contribution in [0.5, 0.6) is 0 Å². The summed E-state index contributed by atoms with van der Waals surface area (Å²) in [5.41, 5.74) is -0.513. The quantitative estimate of drug-likeness (QED) is 0.521. The Balaban J connectivity index is 2.29. The van der Waals surface area contributed by atoms with Crippen molar-refractivity contribution in [2.75, 3.05) is 18.9 Å². The molecule has 1 rings (SSSR count). The number of nitrogens with one attached hydrogen (secondary N) is 1. The number of carbonyl (C=O) groups excluding carboxylic acids is 1. The van der Waals surface area contributed by atoms with Crippen LogP contribution in [0.15, 0.2) is 0 Å². The molecular weight excluding hydrogens is 258 g/mol. The Morgan fingerprint density at radius 3 is 2.63 bits per heavy atom. The van der Waals surface area contributed by atoms with Crippen LogP contribution in [0.4, 0.5) is 0 Å². The van der Waals surface area contributed by atoms with Crippen LogP contribution in [0.2, 0.25) is 0 Å². The van der Waals surface area contributed by atoms with E-state index in [0.717, 1.165) is 30.4 Å². The van der Waals surface area contributed by atoms with E-state index in [1.807, 2.05) is 20.8 Å². The van der Waals surface area contributed by atoms with E-state index in [9.17, 15) is 4.79 Å². The van der Waals surface area contributed by atoms with Gasteiger partial charge in [-0.3, -0.25) is 4.79 Å². The van der Waals surface area contributed by atoms with Crippen molar-refractivity contribution in [1.82, 2.24) is 5.32 Å². The van der Waals surface area contributed by atoms with Gasteiger partial charge in [0.05, 0.1) is 6.61 Å². The zero-order chi connectivity index (χ0) is 14.1. The van der Waals surface area contributed by atoms with Crippen molar-refractivity contribution in [1.29, 1.82) is 0 Å². The molecule has 0 aromatic rings. The first-order valence-electron chi connectivity index (χ1n) is 7.66. The van der Waals surface area contributed by atoms with Crippen molar-refractivity contribution >= 4 is 17.7 Å². The highest BCUT2D eigenvalue weighted by atomic mass is 32.2. The van der Waals surface area contributed by atoms with Gasteiger partial charge in [-0.05, 0) is 51.8 Å². The van der Waals surface area contributed by atoms with Gasteiger partial charge in [-0.15, -0.1) is 0 Å². The third-order valence-electron chi connectivity index (χ3n) is 3.77. The maximum absolute atomic E-state index is 12.0. The molecule has 0 spiro atoms. The Bertz CT molecular complexity index is 267. The first-order chi connectivity index (χ1) is 9.12.